The van der Waals surface area contributed by atoms with Gasteiger partial charge in [-0.15, -0.1) is 11.8 Å². The van der Waals surface area contributed by atoms with Gasteiger partial charge in [-0.1, -0.05) is 6.07 Å². The maximum atomic E-state index is 8.64. The Balaban J connectivity index is 2.66. The minimum absolute atomic E-state index is 0.167. The summed E-state index contributed by atoms with van der Waals surface area (Å²) in [5.41, 5.74) is 1.16. The summed E-state index contributed by atoms with van der Waals surface area (Å²) in [6.07, 6.45) is 2.03. The third-order valence-corrected chi connectivity index (χ3v) is 2.84. The van der Waals surface area contributed by atoms with E-state index in [1.54, 1.807) is 18.9 Å². The normalized spacial score (nSPS) is 10.3. The third kappa shape index (κ3) is 3.74. The van der Waals surface area contributed by atoms with Crippen LogP contribution in [-0.4, -0.2) is 31.6 Å². The largest absolute Gasteiger partial charge is 0.496 e. The van der Waals surface area contributed by atoms with Gasteiger partial charge in [0.2, 0.25) is 0 Å². The molecule has 1 aromatic rings. The summed E-state index contributed by atoms with van der Waals surface area (Å²) in [6.45, 7) is 1.54. The van der Waals surface area contributed by atoms with Crippen LogP contribution < -0.4 is 10.1 Å². The quantitative estimate of drug-likeness (QED) is 0.571. The van der Waals surface area contributed by atoms with E-state index in [4.69, 9.17) is 9.84 Å². The molecule has 4 heteroatoms. The highest BCUT2D eigenvalue weighted by Gasteiger charge is 2.02. The molecule has 3 nitrogen and oxygen atoms in total. The molecule has 0 saturated heterocycles. The van der Waals surface area contributed by atoms with E-state index in [2.05, 4.69) is 17.4 Å². The van der Waals surface area contributed by atoms with Gasteiger partial charge < -0.3 is 15.2 Å². The van der Waals surface area contributed by atoms with Crippen molar-refractivity contribution in [2.75, 3.05) is 26.5 Å². The Hall–Kier alpha value is -0.710. The van der Waals surface area contributed by atoms with Crippen molar-refractivity contribution in [2.45, 2.75) is 11.4 Å². The Kier molecular flexibility index (Phi) is 5.53. The van der Waals surface area contributed by atoms with Crippen LogP contribution >= 0.6 is 11.8 Å². The Morgan fingerprint density at radius 1 is 1.47 bits per heavy atom. The van der Waals surface area contributed by atoms with Gasteiger partial charge >= 0.3 is 0 Å². The zero-order valence-electron chi connectivity index (χ0n) is 9.12. The second-order valence-corrected chi connectivity index (χ2v) is 3.94. The van der Waals surface area contributed by atoms with Crippen LogP contribution in [0, 0.1) is 0 Å². The molecule has 2 N–H and O–H groups in total. The lowest BCUT2D eigenvalue weighted by Crippen LogP contribution is -2.17. The van der Waals surface area contributed by atoms with Crippen LogP contribution in [0.3, 0.4) is 0 Å². The smallest absolute Gasteiger partial charge is 0.132 e. The number of benzene rings is 1. The number of rotatable bonds is 6. The van der Waals surface area contributed by atoms with Gasteiger partial charge in [0.05, 0.1) is 13.7 Å². The molecule has 0 amide bonds. The van der Waals surface area contributed by atoms with Gasteiger partial charge in [0.15, 0.2) is 0 Å². The first-order valence-electron chi connectivity index (χ1n) is 4.84. The van der Waals surface area contributed by atoms with Gasteiger partial charge in [0.1, 0.15) is 5.75 Å². The second-order valence-electron chi connectivity index (χ2n) is 3.09. The number of thioether (sulfide) groups is 1. The van der Waals surface area contributed by atoms with Crippen molar-refractivity contribution in [3.63, 3.8) is 0 Å². The highest BCUT2D eigenvalue weighted by molar-refractivity contribution is 7.98. The molecule has 0 heterocycles. The molecule has 0 aliphatic rings. The number of methoxy groups -OCH3 is 1. The fourth-order valence-electron chi connectivity index (χ4n) is 1.30. The minimum atomic E-state index is 0.167. The molecule has 0 bridgehead atoms. The zero-order valence-corrected chi connectivity index (χ0v) is 9.93. The lowest BCUT2D eigenvalue weighted by atomic mass is 10.2. The summed E-state index contributed by atoms with van der Waals surface area (Å²) in [4.78, 5) is 1.14. The lowest BCUT2D eigenvalue weighted by Gasteiger charge is -2.09. The van der Waals surface area contributed by atoms with Gasteiger partial charge in [-0.05, 0) is 24.0 Å². The van der Waals surface area contributed by atoms with Crippen LogP contribution in [0.15, 0.2) is 23.1 Å². The molecule has 0 atom stereocenters. The molecule has 0 fully saturated rings. The van der Waals surface area contributed by atoms with Crippen LogP contribution in [0.4, 0.5) is 0 Å². The van der Waals surface area contributed by atoms with Crippen molar-refractivity contribution < 1.29 is 9.84 Å². The van der Waals surface area contributed by atoms with E-state index >= 15 is 0 Å². The molecule has 84 valence electrons. The molecular weight excluding hydrogens is 210 g/mol. The van der Waals surface area contributed by atoms with Crippen molar-refractivity contribution in [2.24, 2.45) is 0 Å². The Morgan fingerprint density at radius 2 is 2.27 bits per heavy atom. The number of hydrogen-bond acceptors (Lipinski definition) is 4. The Morgan fingerprint density at radius 3 is 2.87 bits per heavy atom. The molecule has 0 aliphatic heterocycles. The van der Waals surface area contributed by atoms with Gasteiger partial charge in [-0.2, -0.15) is 0 Å². The summed E-state index contributed by atoms with van der Waals surface area (Å²) in [5.74, 6) is 0.908. The molecule has 1 aromatic carbocycles. The van der Waals surface area contributed by atoms with E-state index in [0.717, 1.165) is 22.8 Å². The number of aliphatic hydroxyl groups excluding tert-OH is 1. The summed E-state index contributed by atoms with van der Waals surface area (Å²) in [7, 11) is 1.68. The van der Waals surface area contributed by atoms with Crippen LogP contribution in [0.2, 0.25) is 0 Å². The Bertz CT molecular complexity index is 305. The van der Waals surface area contributed by atoms with Crippen molar-refractivity contribution in [1.29, 1.82) is 0 Å². The maximum absolute atomic E-state index is 8.64. The van der Waals surface area contributed by atoms with E-state index in [1.165, 1.54) is 0 Å². The molecule has 0 spiro atoms. The second kappa shape index (κ2) is 6.71. The molecule has 0 aliphatic carbocycles. The average Bonchev–Trinajstić information content (AvgIpc) is 2.29. The van der Waals surface area contributed by atoms with Crippen LogP contribution in [-0.2, 0) is 6.54 Å². The van der Waals surface area contributed by atoms with E-state index in [-0.39, 0.29) is 6.61 Å². The van der Waals surface area contributed by atoms with E-state index in [9.17, 15) is 0 Å². The molecule has 15 heavy (non-hydrogen) atoms. The summed E-state index contributed by atoms with van der Waals surface area (Å²) >= 11 is 1.67. The molecule has 0 saturated carbocycles. The Labute approximate surface area is 94.8 Å². The first kappa shape index (κ1) is 12.4. The van der Waals surface area contributed by atoms with Crippen LogP contribution in [0.25, 0.3) is 0 Å². The van der Waals surface area contributed by atoms with Crippen molar-refractivity contribution in [3.8, 4) is 5.75 Å². The highest BCUT2D eigenvalue weighted by atomic mass is 32.2. The van der Waals surface area contributed by atoms with Crippen molar-refractivity contribution in [3.05, 3.63) is 23.8 Å². The van der Waals surface area contributed by atoms with E-state index in [0.29, 0.717) is 6.54 Å². The minimum Gasteiger partial charge on any atom is -0.496 e. The number of ether oxygens (including phenoxy) is 1. The average molecular weight is 227 g/mol. The fourth-order valence-corrected chi connectivity index (χ4v) is 1.85. The molecule has 1 rings (SSSR count). The molecular formula is C11H17NO2S. The van der Waals surface area contributed by atoms with Crippen molar-refractivity contribution >= 4 is 11.8 Å². The van der Waals surface area contributed by atoms with Gasteiger partial charge in [0.25, 0.3) is 0 Å². The first-order valence-corrected chi connectivity index (χ1v) is 6.06. The molecule has 0 unspecified atom stereocenters. The maximum Gasteiger partial charge on any atom is 0.132 e. The summed E-state index contributed by atoms with van der Waals surface area (Å²) < 4.78 is 5.29. The molecule has 0 aromatic heterocycles. The van der Waals surface area contributed by atoms with Gasteiger partial charge in [-0.25, -0.2) is 0 Å². The zero-order chi connectivity index (χ0) is 11.1. The lowest BCUT2D eigenvalue weighted by molar-refractivity contribution is 0.292. The van der Waals surface area contributed by atoms with E-state index in [1.807, 2.05) is 12.3 Å². The third-order valence-electron chi connectivity index (χ3n) is 2.07. The summed E-state index contributed by atoms with van der Waals surface area (Å²) in [5, 5.41) is 11.8. The topological polar surface area (TPSA) is 41.5 Å². The van der Waals surface area contributed by atoms with Crippen LogP contribution in [0.1, 0.15) is 5.56 Å². The number of hydrogen-bond donors (Lipinski definition) is 2. The monoisotopic (exact) mass is 227 g/mol. The predicted molar refractivity (Wildman–Crippen MR) is 63.6 cm³/mol. The fraction of sp³-hybridized carbons (Fsp3) is 0.455. The number of aliphatic hydroxyl groups is 1. The van der Waals surface area contributed by atoms with E-state index < -0.39 is 0 Å². The highest BCUT2D eigenvalue weighted by Crippen LogP contribution is 2.28. The van der Waals surface area contributed by atoms with Gasteiger partial charge in [-0.3, -0.25) is 0 Å². The molecule has 0 radical (unpaired) electrons. The van der Waals surface area contributed by atoms with Gasteiger partial charge in [0, 0.05) is 18.0 Å². The first-order chi connectivity index (χ1) is 7.31. The predicted octanol–water partition coefficient (Wildman–Crippen LogP) is 1.50. The standard InChI is InChI=1S/C11H17NO2S/c1-14-10-7-9(8-12-5-6-13)3-4-11(10)15-2/h3-4,7,12-13H,5-6,8H2,1-2H3. The van der Waals surface area contributed by atoms with Crippen LogP contribution in [0.5, 0.6) is 5.75 Å². The SMILES string of the molecule is COc1cc(CNCCO)ccc1SC. The van der Waals surface area contributed by atoms with Crippen molar-refractivity contribution in [1.82, 2.24) is 5.32 Å². The number of nitrogens with one attached hydrogen (secondary N) is 1. The summed E-state index contributed by atoms with van der Waals surface area (Å²) in [6, 6.07) is 6.15.